The van der Waals surface area contributed by atoms with E-state index >= 15 is 0 Å². The second-order valence-corrected chi connectivity index (χ2v) is 5.72. The second-order valence-electron chi connectivity index (χ2n) is 5.72. The van der Waals surface area contributed by atoms with Gasteiger partial charge in [0, 0.05) is 6.20 Å². The number of fused-ring (bicyclic) bond motifs is 3. The van der Waals surface area contributed by atoms with Crippen LogP contribution in [0.2, 0.25) is 0 Å². The molecule has 4 rings (SSSR count). The molecule has 6 heteroatoms. The molecule has 4 aromatic rings. The van der Waals surface area contributed by atoms with Crippen LogP contribution in [-0.4, -0.2) is 22.0 Å². The first-order chi connectivity index (χ1) is 12.7. The first-order valence-corrected chi connectivity index (χ1v) is 8.27. The molecule has 0 aliphatic carbocycles. The fourth-order valence-electron chi connectivity index (χ4n) is 2.98. The maximum atomic E-state index is 14.0. The topological polar surface area (TPSA) is 55.6 Å². The number of para-hydroxylation sites is 2. The molecule has 0 fully saturated rings. The van der Waals surface area contributed by atoms with Crippen molar-refractivity contribution in [3.63, 3.8) is 0 Å². The monoisotopic (exact) mass is 349 g/mol. The predicted molar refractivity (Wildman–Crippen MR) is 98.3 cm³/mol. The van der Waals surface area contributed by atoms with Gasteiger partial charge < -0.3 is 14.5 Å². The minimum Gasteiger partial charge on any atom is -0.461 e. The van der Waals surface area contributed by atoms with Crippen LogP contribution in [0.25, 0.3) is 16.6 Å². The summed E-state index contributed by atoms with van der Waals surface area (Å²) in [5, 5.41) is 3.12. The number of anilines is 2. The number of hydrogen-bond acceptors (Lipinski definition) is 4. The van der Waals surface area contributed by atoms with Gasteiger partial charge >= 0.3 is 5.97 Å². The van der Waals surface area contributed by atoms with Gasteiger partial charge in [-0.2, -0.15) is 0 Å². The summed E-state index contributed by atoms with van der Waals surface area (Å²) in [6, 6.07) is 15.6. The van der Waals surface area contributed by atoms with Crippen LogP contribution in [0.5, 0.6) is 0 Å². The number of nitrogens with one attached hydrogen (secondary N) is 1. The van der Waals surface area contributed by atoms with Gasteiger partial charge in [-0.15, -0.1) is 0 Å². The maximum Gasteiger partial charge on any atom is 0.359 e. The molecule has 0 amide bonds. The quantitative estimate of drug-likeness (QED) is 0.549. The second kappa shape index (κ2) is 6.48. The summed E-state index contributed by atoms with van der Waals surface area (Å²) < 4.78 is 21.0. The Balaban J connectivity index is 1.93. The van der Waals surface area contributed by atoms with Crippen LogP contribution >= 0.6 is 0 Å². The van der Waals surface area contributed by atoms with Gasteiger partial charge in [0.1, 0.15) is 5.82 Å². The summed E-state index contributed by atoms with van der Waals surface area (Å²) in [6.07, 6.45) is 1.84. The molecular formula is C20H16FN3O2. The number of rotatable bonds is 4. The number of esters is 1. The molecule has 2 aromatic carbocycles. The number of ether oxygens (including phenoxy) is 1. The zero-order valence-electron chi connectivity index (χ0n) is 14.1. The number of nitrogens with zero attached hydrogens (tertiary/aromatic N) is 2. The Bertz CT molecular complexity index is 1120. The molecule has 0 aliphatic rings. The van der Waals surface area contributed by atoms with Crippen LogP contribution in [0, 0.1) is 5.82 Å². The van der Waals surface area contributed by atoms with Gasteiger partial charge in [-0.05, 0) is 43.3 Å². The Morgan fingerprint density at radius 2 is 1.92 bits per heavy atom. The van der Waals surface area contributed by atoms with E-state index in [4.69, 9.17) is 4.74 Å². The van der Waals surface area contributed by atoms with Crippen molar-refractivity contribution in [1.82, 2.24) is 9.38 Å². The summed E-state index contributed by atoms with van der Waals surface area (Å²) in [5.74, 6) is -0.810. The average Bonchev–Trinajstić information content (AvgIpc) is 3.13. The van der Waals surface area contributed by atoms with Crippen LogP contribution in [0.4, 0.5) is 15.8 Å². The SMILES string of the molecule is CCOC(=O)c1nc2cccc(Nc3ccccc3F)c2n2cccc12. The van der Waals surface area contributed by atoms with Crippen molar-refractivity contribution in [3.8, 4) is 0 Å². The summed E-state index contributed by atoms with van der Waals surface area (Å²) in [4.78, 5) is 16.7. The normalized spacial score (nSPS) is 11.0. The van der Waals surface area contributed by atoms with Crippen molar-refractivity contribution >= 4 is 33.9 Å². The van der Waals surface area contributed by atoms with Crippen LogP contribution in [0.15, 0.2) is 60.8 Å². The number of halogens is 1. The average molecular weight is 349 g/mol. The standard InChI is InChI=1S/C20H16FN3O2/c1-2-26-20(25)18-17-11-6-12-24(17)19-15(9-5-10-16(19)23-18)22-14-8-4-3-7-13(14)21/h3-12,22H,2H2,1H3. The van der Waals surface area contributed by atoms with Crippen molar-refractivity contribution in [2.75, 3.05) is 11.9 Å². The highest BCUT2D eigenvalue weighted by Gasteiger charge is 2.18. The van der Waals surface area contributed by atoms with E-state index in [2.05, 4.69) is 10.3 Å². The van der Waals surface area contributed by atoms with Gasteiger partial charge in [0.25, 0.3) is 0 Å². The van der Waals surface area contributed by atoms with E-state index in [0.717, 1.165) is 5.52 Å². The van der Waals surface area contributed by atoms with Gasteiger partial charge in [0.05, 0.1) is 34.5 Å². The first-order valence-electron chi connectivity index (χ1n) is 8.27. The van der Waals surface area contributed by atoms with Crippen LogP contribution < -0.4 is 5.32 Å². The molecule has 0 bridgehead atoms. The molecule has 2 heterocycles. The zero-order valence-corrected chi connectivity index (χ0v) is 14.1. The maximum absolute atomic E-state index is 14.0. The van der Waals surface area contributed by atoms with Crippen molar-refractivity contribution in [3.05, 3.63) is 72.3 Å². The Kier molecular flexibility index (Phi) is 4.01. The Labute approximate surface area is 149 Å². The molecular weight excluding hydrogens is 333 g/mol. The van der Waals surface area contributed by atoms with Gasteiger partial charge in [0.2, 0.25) is 0 Å². The van der Waals surface area contributed by atoms with Crippen molar-refractivity contribution in [2.24, 2.45) is 0 Å². The van der Waals surface area contributed by atoms with E-state index in [0.29, 0.717) is 22.4 Å². The Hall–Kier alpha value is -3.41. The third-order valence-electron chi connectivity index (χ3n) is 4.09. The highest BCUT2D eigenvalue weighted by molar-refractivity contribution is 6.00. The molecule has 0 saturated heterocycles. The number of carbonyl (C=O) groups is 1. The number of aromatic nitrogens is 2. The van der Waals surface area contributed by atoms with E-state index in [1.165, 1.54) is 6.07 Å². The molecule has 0 unspecified atom stereocenters. The lowest BCUT2D eigenvalue weighted by Gasteiger charge is -2.13. The summed E-state index contributed by atoms with van der Waals surface area (Å²) in [5.41, 5.74) is 3.32. The highest BCUT2D eigenvalue weighted by Crippen LogP contribution is 2.29. The minimum atomic E-state index is -0.467. The number of carbonyl (C=O) groups excluding carboxylic acids is 1. The first kappa shape index (κ1) is 16.1. The van der Waals surface area contributed by atoms with Crippen molar-refractivity contribution in [1.29, 1.82) is 0 Å². The van der Waals surface area contributed by atoms with Gasteiger partial charge in [-0.1, -0.05) is 18.2 Å². The molecule has 1 N–H and O–H groups in total. The molecule has 0 aliphatic heterocycles. The molecule has 0 radical (unpaired) electrons. The van der Waals surface area contributed by atoms with Crippen molar-refractivity contribution in [2.45, 2.75) is 6.92 Å². The Morgan fingerprint density at radius 3 is 2.73 bits per heavy atom. The van der Waals surface area contributed by atoms with Crippen LogP contribution in [-0.2, 0) is 4.74 Å². The third kappa shape index (κ3) is 2.65. The molecule has 0 atom stereocenters. The zero-order chi connectivity index (χ0) is 18.1. The van der Waals surface area contributed by atoms with Gasteiger partial charge in [-0.25, -0.2) is 14.2 Å². The lowest BCUT2D eigenvalue weighted by molar-refractivity contribution is 0.0522. The lowest BCUT2D eigenvalue weighted by Crippen LogP contribution is -2.10. The van der Waals surface area contributed by atoms with Gasteiger partial charge in [-0.3, -0.25) is 0 Å². The summed E-state index contributed by atoms with van der Waals surface area (Å²) in [6.45, 7) is 2.03. The molecule has 0 spiro atoms. The molecule has 2 aromatic heterocycles. The van der Waals surface area contributed by atoms with Gasteiger partial charge in [0.15, 0.2) is 5.69 Å². The van der Waals surface area contributed by atoms with E-state index in [-0.39, 0.29) is 18.1 Å². The van der Waals surface area contributed by atoms with E-state index in [1.807, 2.05) is 34.9 Å². The number of hydrogen-bond donors (Lipinski definition) is 1. The minimum absolute atomic E-state index is 0.257. The molecule has 0 saturated carbocycles. The van der Waals surface area contributed by atoms with E-state index in [9.17, 15) is 9.18 Å². The third-order valence-corrected chi connectivity index (χ3v) is 4.09. The molecule has 130 valence electrons. The van der Waals surface area contributed by atoms with Crippen LogP contribution in [0.1, 0.15) is 17.4 Å². The smallest absolute Gasteiger partial charge is 0.359 e. The largest absolute Gasteiger partial charge is 0.461 e. The molecule has 26 heavy (non-hydrogen) atoms. The van der Waals surface area contributed by atoms with E-state index < -0.39 is 5.97 Å². The summed E-state index contributed by atoms with van der Waals surface area (Å²) in [7, 11) is 0. The predicted octanol–water partition coefficient (Wildman–Crippen LogP) is 4.55. The Morgan fingerprint density at radius 1 is 1.12 bits per heavy atom. The lowest BCUT2D eigenvalue weighted by atomic mass is 10.2. The fourth-order valence-corrected chi connectivity index (χ4v) is 2.98. The summed E-state index contributed by atoms with van der Waals surface area (Å²) >= 11 is 0. The van der Waals surface area contributed by atoms with E-state index in [1.54, 1.807) is 31.2 Å². The highest BCUT2D eigenvalue weighted by atomic mass is 19.1. The molecule has 5 nitrogen and oxygen atoms in total. The fraction of sp³-hybridized carbons (Fsp3) is 0.100. The number of benzene rings is 2. The van der Waals surface area contributed by atoms with Crippen molar-refractivity contribution < 1.29 is 13.9 Å². The van der Waals surface area contributed by atoms with Crippen LogP contribution in [0.3, 0.4) is 0 Å².